The zero-order valence-corrected chi connectivity index (χ0v) is 16.2. The fourth-order valence-corrected chi connectivity index (χ4v) is 4.34. The number of nitrogens with zero attached hydrogens (tertiary/aromatic N) is 3. The summed E-state index contributed by atoms with van der Waals surface area (Å²) in [6, 6.07) is 10.9. The molecule has 2 aromatic rings. The van der Waals surface area contributed by atoms with E-state index in [-0.39, 0.29) is 0 Å². The van der Waals surface area contributed by atoms with Crippen molar-refractivity contribution >= 4 is 17.3 Å². The van der Waals surface area contributed by atoms with Crippen LogP contribution in [0.2, 0.25) is 0 Å². The van der Waals surface area contributed by atoms with Crippen LogP contribution in [0.25, 0.3) is 0 Å². The zero-order valence-electron chi connectivity index (χ0n) is 15.4. The Morgan fingerprint density at radius 3 is 2.80 bits per heavy atom. The Morgan fingerprint density at radius 1 is 1.36 bits per heavy atom. The average molecular weight is 357 g/mol. The van der Waals surface area contributed by atoms with Crippen molar-refractivity contribution in [1.82, 2.24) is 15.2 Å². The van der Waals surface area contributed by atoms with Crippen LogP contribution >= 0.6 is 11.3 Å². The van der Waals surface area contributed by atoms with Crippen molar-refractivity contribution in [2.45, 2.75) is 32.6 Å². The van der Waals surface area contributed by atoms with Crippen LogP contribution in [0.1, 0.15) is 35.5 Å². The van der Waals surface area contributed by atoms with Crippen LogP contribution in [0.4, 0.5) is 0 Å². The number of aromatic nitrogens is 1. The summed E-state index contributed by atoms with van der Waals surface area (Å²) < 4.78 is 0. The molecule has 0 saturated carbocycles. The Hall–Kier alpha value is -1.88. The highest BCUT2D eigenvalue weighted by atomic mass is 32.1. The number of benzene rings is 1. The zero-order chi connectivity index (χ0) is 17.6. The Morgan fingerprint density at radius 2 is 2.16 bits per heavy atom. The van der Waals surface area contributed by atoms with Crippen molar-refractivity contribution in [2.75, 3.05) is 26.7 Å². The fourth-order valence-electron chi connectivity index (χ4n) is 3.69. The SMILES string of the molecule is CN=C(NCCc1csc(C)n1)N1CCC(c2ccccc2)C(C)C1. The van der Waals surface area contributed by atoms with Crippen molar-refractivity contribution in [1.29, 1.82) is 0 Å². The van der Waals surface area contributed by atoms with E-state index in [2.05, 4.69) is 69.8 Å². The van der Waals surface area contributed by atoms with Crippen molar-refractivity contribution in [2.24, 2.45) is 10.9 Å². The van der Waals surface area contributed by atoms with E-state index in [9.17, 15) is 0 Å². The molecule has 1 saturated heterocycles. The molecule has 134 valence electrons. The lowest BCUT2D eigenvalue weighted by molar-refractivity contribution is 0.234. The maximum Gasteiger partial charge on any atom is 0.193 e. The first-order valence-electron chi connectivity index (χ1n) is 9.09. The van der Waals surface area contributed by atoms with Gasteiger partial charge in [-0.1, -0.05) is 37.3 Å². The van der Waals surface area contributed by atoms with Gasteiger partial charge in [-0.15, -0.1) is 11.3 Å². The molecule has 0 radical (unpaired) electrons. The third-order valence-electron chi connectivity index (χ3n) is 4.98. The highest BCUT2D eigenvalue weighted by molar-refractivity contribution is 7.09. The predicted molar refractivity (Wildman–Crippen MR) is 106 cm³/mol. The molecule has 1 aliphatic heterocycles. The van der Waals surface area contributed by atoms with Crippen LogP contribution in [-0.2, 0) is 6.42 Å². The van der Waals surface area contributed by atoms with Gasteiger partial charge in [0.1, 0.15) is 0 Å². The average Bonchev–Trinajstić information content (AvgIpc) is 3.04. The number of rotatable bonds is 4. The summed E-state index contributed by atoms with van der Waals surface area (Å²) in [7, 11) is 1.88. The third kappa shape index (κ3) is 4.60. The Balaban J connectivity index is 1.52. The van der Waals surface area contributed by atoms with Crippen LogP contribution in [0.15, 0.2) is 40.7 Å². The summed E-state index contributed by atoms with van der Waals surface area (Å²) in [6.45, 7) is 7.39. The van der Waals surface area contributed by atoms with Gasteiger partial charge >= 0.3 is 0 Å². The number of hydrogen-bond acceptors (Lipinski definition) is 3. The maximum atomic E-state index is 4.53. The second-order valence-electron chi connectivity index (χ2n) is 6.81. The minimum Gasteiger partial charge on any atom is -0.356 e. The van der Waals surface area contributed by atoms with Crippen molar-refractivity contribution in [3.05, 3.63) is 52.0 Å². The number of hydrogen-bond donors (Lipinski definition) is 1. The minimum absolute atomic E-state index is 0.621. The molecule has 0 bridgehead atoms. The number of piperidine rings is 1. The molecule has 5 heteroatoms. The van der Waals surface area contributed by atoms with E-state index in [1.54, 1.807) is 11.3 Å². The molecular formula is C20H28N4S. The van der Waals surface area contributed by atoms with E-state index in [0.29, 0.717) is 11.8 Å². The molecule has 4 nitrogen and oxygen atoms in total. The normalized spacial score (nSPS) is 21.4. The number of thiazole rings is 1. The molecule has 1 fully saturated rings. The highest BCUT2D eigenvalue weighted by Crippen LogP contribution is 2.32. The van der Waals surface area contributed by atoms with Gasteiger partial charge in [0.15, 0.2) is 5.96 Å². The minimum atomic E-state index is 0.621. The summed E-state index contributed by atoms with van der Waals surface area (Å²) >= 11 is 1.72. The first kappa shape index (κ1) is 17.9. The molecule has 3 rings (SSSR count). The van der Waals surface area contributed by atoms with Crippen molar-refractivity contribution < 1.29 is 0 Å². The first-order valence-corrected chi connectivity index (χ1v) is 9.97. The monoisotopic (exact) mass is 356 g/mol. The summed E-state index contributed by atoms with van der Waals surface area (Å²) in [6.07, 6.45) is 2.12. The lowest BCUT2D eigenvalue weighted by atomic mass is 9.82. The standard InChI is InChI=1S/C20H28N4S/c1-15-13-24(12-10-19(15)17-7-5-4-6-8-17)20(21-3)22-11-9-18-14-25-16(2)23-18/h4-8,14-15,19H,9-13H2,1-3H3,(H,21,22). The van der Waals surface area contributed by atoms with Gasteiger partial charge in [-0.05, 0) is 30.7 Å². The molecular weight excluding hydrogens is 328 g/mol. The van der Waals surface area contributed by atoms with Crippen LogP contribution < -0.4 is 5.32 Å². The van der Waals surface area contributed by atoms with Gasteiger partial charge in [-0.25, -0.2) is 4.98 Å². The van der Waals surface area contributed by atoms with Gasteiger partial charge in [0.2, 0.25) is 0 Å². The van der Waals surface area contributed by atoms with E-state index in [4.69, 9.17) is 0 Å². The van der Waals surface area contributed by atoms with Gasteiger partial charge < -0.3 is 10.2 Å². The van der Waals surface area contributed by atoms with Crippen LogP contribution in [0.3, 0.4) is 0 Å². The number of aliphatic imine (C=N–C) groups is 1. The molecule has 25 heavy (non-hydrogen) atoms. The number of likely N-dealkylation sites (tertiary alicyclic amines) is 1. The van der Waals surface area contributed by atoms with Crippen molar-refractivity contribution in [3.63, 3.8) is 0 Å². The highest BCUT2D eigenvalue weighted by Gasteiger charge is 2.28. The van der Waals surface area contributed by atoms with Gasteiger partial charge in [0, 0.05) is 38.5 Å². The lowest BCUT2D eigenvalue weighted by Gasteiger charge is -2.39. The summed E-state index contributed by atoms with van der Waals surface area (Å²) in [5.74, 6) is 2.29. The topological polar surface area (TPSA) is 40.5 Å². The Labute approximate surface area is 155 Å². The quantitative estimate of drug-likeness (QED) is 0.671. The molecule has 1 aromatic carbocycles. The van der Waals surface area contributed by atoms with Gasteiger partial charge in [0.25, 0.3) is 0 Å². The van der Waals surface area contributed by atoms with Crippen molar-refractivity contribution in [3.8, 4) is 0 Å². The van der Waals surface area contributed by atoms with E-state index in [1.165, 1.54) is 17.7 Å². The van der Waals surface area contributed by atoms with Crippen LogP contribution in [0, 0.1) is 12.8 Å². The van der Waals surface area contributed by atoms with Gasteiger partial charge in [-0.3, -0.25) is 4.99 Å². The molecule has 0 amide bonds. The second-order valence-corrected chi connectivity index (χ2v) is 7.87. The maximum absolute atomic E-state index is 4.53. The molecule has 1 aromatic heterocycles. The molecule has 2 unspecified atom stereocenters. The fraction of sp³-hybridized carbons (Fsp3) is 0.500. The van der Waals surface area contributed by atoms with Crippen LogP contribution in [-0.4, -0.2) is 42.5 Å². The van der Waals surface area contributed by atoms with E-state index < -0.39 is 0 Å². The smallest absolute Gasteiger partial charge is 0.193 e. The first-order chi connectivity index (χ1) is 12.2. The molecule has 1 N–H and O–H groups in total. The van der Waals surface area contributed by atoms with Gasteiger partial charge in [-0.2, -0.15) is 0 Å². The predicted octanol–water partition coefficient (Wildman–Crippen LogP) is 3.70. The van der Waals surface area contributed by atoms with E-state index in [0.717, 1.165) is 37.0 Å². The number of aryl methyl sites for hydroxylation is 1. The molecule has 2 heterocycles. The lowest BCUT2D eigenvalue weighted by Crippen LogP contribution is -2.48. The molecule has 1 aliphatic rings. The van der Waals surface area contributed by atoms with Gasteiger partial charge in [0.05, 0.1) is 10.7 Å². The number of nitrogens with one attached hydrogen (secondary N) is 1. The largest absolute Gasteiger partial charge is 0.356 e. The summed E-state index contributed by atoms with van der Waals surface area (Å²) in [4.78, 5) is 11.4. The second kappa shape index (κ2) is 8.48. The molecule has 0 spiro atoms. The third-order valence-corrected chi connectivity index (χ3v) is 5.80. The molecule has 0 aliphatic carbocycles. The Bertz CT molecular complexity index is 695. The van der Waals surface area contributed by atoms with E-state index in [1.807, 2.05) is 7.05 Å². The number of guanidine groups is 1. The van der Waals surface area contributed by atoms with Crippen LogP contribution in [0.5, 0.6) is 0 Å². The molecule has 2 atom stereocenters. The van der Waals surface area contributed by atoms with E-state index >= 15 is 0 Å². The Kier molecular flexibility index (Phi) is 6.08. The summed E-state index contributed by atoms with van der Waals surface area (Å²) in [5.41, 5.74) is 2.64. The summed E-state index contributed by atoms with van der Waals surface area (Å²) in [5, 5.41) is 6.79.